The number of guanidine groups is 1. The number of hydrogen-bond acceptors (Lipinski definition) is 8. The lowest BCUT2D eigenvalue weighted by molar-refractivity contribution is -0.142. The van der Waals surface area contributed by atoms with Crippen molar-refractivity contribution in [3.05, 3.63) is 29.8 Å². The van der Waals surface area contributed by atoms with E-state index in [0.717, 1.165) is 0 Å². The SMILES string of the molecule is CC(NC(=O)C(N)CCCN=C(N)N)C(=O)NC(Cc1ccc(O)cc1)C(=O)NC(CCCCN)C(=O)O. The Bertz CT molecular complexity index is 952. The number of nitrogens with one attached hydrogen (secondary N) is 3. The van der Waals surface area contributed by atoms with Crippen molar-refractivity contribution >= 4 is 29.7 Å². The lowest BCUT2D eigenvalue weighted by atomic mass is 10.0. The molecule has 4 unspecified atom stereocenters. The maximum absolute atomic E-state index is 13.0. The van der Waals surface area contributed by atoms with Crippen LogP contribution in [0.25, 0.3) is 0 Å². The summed E-state index contributed by atoms with van der Waals surface area (Å²) >= 11 is 0. The first kappa shape index (κ1) is 32.1. The zero-order valence-electron chi connectivity index (χ0n) is 21.6. The van der Waals surface area contributed by atoms with E-state index in [0.29, 0.717) is 37.9 Å². The standard InChI is InChI=1S/C24H40N8O6/c1-14(30-21(35)17(26)5-4-12-29-24(27)28)20(34)32-19(13-15-7-9-16(33)10-8-15)22(36)31-18(23(37)38)6-2-3-11-25/h7-10,14,17-19,33H,2-6,11-13,25-26H2,1H3,(H,30,35)(H,31,36)(H,32,34)(H,37,38)(H4,27,28,29). The number of aromatic hydroxyl groups is 1. The number of aliphatic imine (C=N–C) groups is 1. The van der Waals surface area contributed by atoms with Crippen LogP contribution in [0.3, 0.4) is 0 Å². The molecule has 0 spiro atoms. The second kappa shape index (κ2) is 16.8. The van der Waals surface area contributed by atoms with Gasteiger partial charge in [0.1, 0.15) is 23.9 Å². The summed E-state index contributed by atoms with van der Waals surface area (Å²) in [6, 6.07) is 1.74. The number of carboxylic acids is 1. The molecule has 14 nitrogen and oxygen atoms in total. The molecule has 14 heteroatoms. The third kappa shape index (κ3) is 12.4. The number of carbonyl (C=O) groups excluding carboxylic acids is 3. The number of benzene rings is 1. The number of unbranched alkanes of at least 4 members (excludes halogenated alkanes) is 1. The summed E-state index contributed by atoms with van der Waals surface area (Å²) in [5.74, 6) is -3.19. The van der Waals surface area contributed by atoms with Crippen LogP contribution in [0.4, 0.5) is 0 Å². The topological polar surface area (TPSA) is 261 Å². The van der Waals surface area contributed by atoms with Crippen LogP contribution in [0.2, 0.25) is 0 Å². The zero-order chi connectivity index (χ0) is 28.7. The third-order valence-electron chi connectivity index (χ3n) is 5.63. The smallest absolute Gasteiger partial charge is 0.326 e. The Balaban J connectivity index is 2.87. The Hall–Kier alpha value is -3.91. The second-order valence-electron chi connectivity index (χ2n) is 8.90. The van der Waals surface area contributed by atoms with Gasteiger partial charge >= 0.3 is 5.97 Å². The molecule has 0 radical (unpaired) electrons. The predicted molar refractivity (Wildman–Crippen MR) is 142 cm³/mol. The molecular weight excluding hydrogens is 496 g/mol. The summed E-state index contributed by atoms with van der Waals surface area (Å²) < 4.78 is 0. The van der Waals surface area contributed by atoms with Gasteiger partial charge in [0.15, 0.2) is 5.96 Å². The van der Waals surface area contributed by atoms with E-state index in [4.69, 9.17) is 22.9 Å². The van der Waals surface area contributed by atoms with Crippen LogP contribution < -0.4 is 38.9 Å². The van der Waals surface area contributed by atoms with Gasteiger partial charge < -0.3 is 49.1 Å². The molecule has 0 aromatic heterocycles. The number of phenolic OH excluding ortho intramolecular Hbond substituents is 1. The van der Waals surface area contributed by atoms with Gasteiger partial charge in [0.05, 0.1) is 6.04 Å². The molecule has 0 heterocycles. The van der Waals surface area contributed by atoms with Gasteiger partial charge in [-0.15, -0.1) is 0 Å². The fraction of sp³-hybridized carbons (Fsp3) is 0.542. The van der Waals surface area contributed by atoms with Gasteiger partial charge in [0.2, 0.25) is 17.7 Å². The molecule has 0 aliphatic rings. The summed E-state index contributed by atoms with van der Waals surface area (Å²) in [7, 11) is 0. The third-order valence-corrected chi connectivity index (χ3v) is 5.63. The molecular formula is C24H40N8O6. The van der Waals surface area contributed by atoms with Crippen molar-refractivity contribution in [2.75, 3.05) is 13.1 Å². The van der Waals surface area contributed by atoms with E-state index in [2.05, 4.69) is 20.9 Å². The van der Waals surface area contributed by atoms with E-state index in [1.807, 2.05) is 0 Å². The van der Waals surface area contributed by atoms with Crippen LogP contribution >= 0.6 is 0 Å². The van der Waals surface area contributed by atoms with Crippen molar-refractivity contribution in [1.29, 1.82) is 0 Å². The number of carboxylic acid groups (broad SMARTS) is 1. The van der Waals surface area contributed by atoms with E-state index in [9.17, 15) is 29.4 Å². The number of nitrogens with two attached hydrogens (primary N) is 4. The van der Waals surface area contributed by atoms with Gasteiger partial charge in [-0.05, 0) is 63.3 Å². The monoisotopic (exact) mass is 536 g/mol. The Kier molecular flexibility index (Phi) is 14.2. The molecule has 0 saturated carbocycles. The lowest BCUT2D eigenvalue weighted by Gasteiger charge is -2.24. The molecule has 4 atom stereocenters. The first-order valence-electron chi connectivity index (χ1n) is 12.4. The van der Waals surface area contributed by atoms with Gasteiger partial charge in [-0.1, -0.05) is 12.1 Å². The first-order chi connectivity index (χ1) is 17.9. The minimum atomic E-state index is -1.21. The predicted octanol–water partition coefficient (Wildman–Crippen LogP) is -2.00. The number of aliphatic carboxylic acids is 1. The molecule has 0 aliphatic carbocycles. The van der Waals surface area contributed by atoms with E-state index < -0.39 is 47.9 Å². The lowest BCUT2D eigenvalue weighted by Crippen LogP contribution is -2.57. The maximum Gasteiger partial charge on any atom is 0.326 e. The number of carbonyl (C=O) groups is 4. The van der Waals surface area contributed by atoms with Crippen molar-refractivity contribution < 1.29 is 29.4 Å². The largest absolute Gasteiger partial charge is 0.508 e. The number of rotatable bonds is 17. The van der Waals surface area contributed by atoms with E-state index in [-0.39, 0.29) is 31.0 Å². The van der Waals surface area contributed by atoms with Gasteiger partial charge in [-0.2, -0.15) is 0 Å². The van der Waals surface area contributed by atoms with Crippen LogP contribution in [0.1, 0.15) is 44.6 Å². The van der Waals surface area contributed by atoms with Gasteiger partial charge in [-0.3, -0.25) is 19.4 Å². The summed E-state index contributed by atoms with van der Waals surface area (Å²) in [4.78, 5) is 53.8. The molecule has 3 amide bonds. The maximum atomic E-state index is 13.0. The zero-order valence-corrected chi connectivity index (χ0v) is 21.6. The average molecular weight is 537 g/mol. The van der Waals surface area contributed by atoms with E-state index in [1.54, 1.807) is 12.1 Å². The molecule has 1 rings (SSSR count). The second-order valence-corrected chi connectivity index (χ2v) is 8.90. The van der Waals surface area contributed by atoms with E-state index >= 15 is 0 Å². The molecule has 0 bridgehead atoms. The highest BCUT2D eigenvalue weighted by molar-refractivity contribution is 5.94. The van der Waals surface area contributed by atoms with Crippen LogP contribution in [0.15, 0.2) is 29.3 Å². The number of nitrogens with zero attached hydrogens (tertiary/aromatic N) is 1. The average Bonchev–Trinajstić information content (AvgIpc) is 2.86. The number of hydrogen-bond donors (Lipinski definition) is 9. The molecule has 0 fully saturated rings. The Morgan fingerprint density at radius 3 is 2.11 bits per heavy atom. The molecule has 1 aromatic carbocycles. The van der Waals surface area contributed by atoms with Crippen molar-refractivity contribution in [3.8, 4) is 5.75 Å². The molecule has 0 saturated heterocycles. The molecule has 38 heavy (non-hydrogen) atoms. The van der Waals surface area contributed by atoms with Crippen LogP contribution in [0, 0.1) is 0 Å². The quantitative estimate of drug-likeness (QED) is 0.0600. The minimum Gasteiger partial charge on any atom is -0.508 e. The molecule has 0 aliphatic heterocycles. The first-order valence-corrected chi connectivity index (χ1v) is 12.4. The summed E-state index contributed by atoms with van der Waals surface area (Å²) in [6.45, 7) is 2.13. The fourth-order valence-electron chi connectivity index (χ4n) is 3.43. The Morgan fingerprint density at radius 1 is 0.895 bits per heavy atom. The summed E-state index contributed by atoms with van der Waals surface area (Å²) in [5, 5.41) is 26.6. The van der Waals surface area contributed by atoms with Gasteiger partial charge in [0.25, 0.3) is 0 Å². The number of amides is 3. The van der Waals surface area contributed by atoms with Crippen LogP contribution in [0.5, 0.6) is 5.75 Å². The summed E-state index contributed by atoms with van der Waals surface area (Å²) in [5.41, 5.74) is 22.5. The molecule has 13 N–H and O–H groups in total. The van der Waals surface area contributed by atoms with Crippen LogP contribution in [-0.4, -0.2) is 77.1 Å². The normalized spacial score (nSPS) is 13.9. The Morgan fingerprint density at radius 2 is 1.53 bits per heavy atom. The Labute approximate surface area is 221 Å². The van der Waals surface area contributed by atoms with Crippen molar-refractivity contribution in [3.63, 3.8) is 0 Å². The molecule has 212 valence electrons. The highest BCUT2D eigenvalue weighted by Gasteiger charge is 2.29. The molecule has 1 aromatic rings. The van der Waals surface area contributed by atoms with Crippen molar-refractivity contribution in [1.82, 2.24) is 16.0 Å². The highest BCUT2D eigenvalue weighted by atomic mass is 16.4. The number of phenols is 1. The van der Waals surface area contributed by atoms with Crippen molar-refractivity contribution in [2.45, 2.75) is 69.6 Å². The fourth-order valence-corrected chi connectivity index (χ4v) is 3.43. The van der Waals surface area contributed by atoms with Crippen molar-refractivity contribution in [2.24, 2.45) is 27.9 Å². The van der Waals surface area contributed by atoms with Gasteiger partial charge in [0, 0.05) is 13.0 Å². The van der Waals surface area contributed by atoms with Crippen LogP contribution in [-0.2, 0) is 25.6 Å². The minimum absolute atomic E-state index is 0.0119. The van der Waals surface area contributed by atoms with E-state index in [1.165, 1.54) is 19.1 Å². The highest BCUT2D eigenvalue weighted by Crippen LogP contribution is 2.12. The van der Waals surface area contributed by atoms with Gasteiger partial charge in [-0.25, -0.2) is 4.79 Å². The summed E-state index contributed by atoms with van der Waals surface area (Å²) in [6.07, 6.45) is 2.02.